The summed E-state index contributed by atoms with van der Waals surface area (Å²) in [6.45, 7) is 5.27. The fourth-order valence-electron chi connectivity index (χ4n) is 3.11. The molecule has 1 aliphatic rings. The molecule has 1 saturated heterocycles. The minimum absolute atomic E-state index is 0.116. The average molecular weight is 344 g/mol. The van der Waals surface area contributed by atoms with E-state index in [1.807, 2.05) is 6.92 Å². The predicted octanol–water partition coefficient (Wildman–Crippen LogP) is 3.10. The summed E-state index contributed by atoms with van der Waals surface area (Å²) in [7, 11) is 0. The second-order valence-electron chi connectivity index (χ2n) is 6.13. The van der Waals surface area contributed by atoms with E-state index in [9.17, 15) is 13.2 Å². The van der Waals surface area contributed by atoms with Gasteiger partial charge >= 0.3 is 6.18 Å². The van der Waals surface area contributed by atoms with Crippen molar-refractivity contribution in [1.82, 2.24) is 19.9 Å². The molecule has 3 heterocycles. The first-order valence-corrected chi connectivity index (χ1v) is 7.78. The van der Waals surface area contributed by atoms with E-state index in [1.54, 1.807) is 13.8 Å². The van der Waals surface area contributed by atoms with Crippen molar-refractivity contribution in [1.29, 1.82) is 0 Å². The topological polar surface area (TPSA) is 66.0 Å². The zero-order valence-corrected chi connectivity index (χ0v) is 13.7. The normalized spacial score (nSPS) is 19.8. The first kappa shape index (κ1) is 16.9. The molecule has 24 heavy (non-hydrogen) atoms. The van der Waals surface area contributed by atoms with Crippen molar-refractivity contribution in [2.24, 2.45) is 0 Å². The fourth-order valence-corrected chi connectivity index (χ4v) is 3.11. The Kier molecular flexibility index (Phi) is 4.37. The lowest BCUT2D eigenvalue weighted by molar-refractivity contribution is -0.142. The average Bonchev–Trinajstić information content (AvgIpc) is 3.19. The van der Waals surface area contributed by atoms with E-state index < -0.39 is 12.7 Å². The minimum Gasteiger partial charge on any atom is -0.381 e. The molecule has 0 aromatic carbocycles. The van der Waals surface area contributed by atoms with Crippen molar-refractivity contribution in [2.75, 3.05) is 13.2 Å². The molecule has 0 spiro atoms. The molecule has 0 bridgehead atoms. The van der Waals surface area contributed by atoms with Gasteiger partial charge in [-0.1, -0.05) is 5.16 Å². The fraction of sp³-hybridized carbons (Fsp3) is 0.667. The van der Waals surface area contributed by atoms with Crippen molar-refractivity contribution < 1.29 is 22.4 Å². The van der Waals surface area contributed by atoms with Crippen molar-refractivity contribution in [3.05, 3.63) is 28.7 Å². The third kappa shape index (κ3) is 3.31. The summed E-state index contributed by atoms with van der Waals surface area (Å²) in [5.74, 6) is 0.766. The molecule has 2 atom stereocenters. The maximum atomic E-state index is 12.6. The highest BCUT2D eigenvalue weighted by Gasteiger charge is 2.32. The quantitative estimate of drug-likeness (QED) is 0.853. The van der Waals surface area contributed by atoms with Crippen LogP contribution in [0.2, 0.25) is 0 Å². The molecule has 1 aliphatic heterocycles. The lowest BCUT2D eigenvalue weighted by Gasteiger charge is -2.10. The molecule has 132 valence electrons. The zero-order chi connectivity index (χ0) is 17.5. The lowest BCUT2D eigenvalue weighted by Crippen LogP contribution is -2.19. The maximum absolute atomic E-state index is 12.6. The number of hydrogen-bond donors (Lipinski definition) is 0. The van der Waals surface area contributed by atoms with Gasteiger partial charge in [-0.25, -0.2) is 0 Å². The molecule has 1 fully saturated rings. The van der Waals surface area contributed by atoms with Gasteiger partial charge in [0.2, 0.25) is 5.89 Å². The Hall–Kier alpha value is -1.90. The third-order valence-corrected chi connectivity index (χ3v) is 4.32. The number of nitrogens with zero attached hydrogens (tertiary/aromatic N) is 4. The largest absolute Gasteiger partial charge is 0.408 e. The standard InChI is InChI=1S/C15H19F3N4O2/c1-8(14-19-13(21-24-14)11-4-5-23-6-11)12-9(2)20-22(10(12)3)7-15(16,17)18/h8,11H,4-7H2,1-3H3/t8-,11-/m1/s1. The molecule has 9 heteroatoms. The van der Waals surface area contributed by atoms with Gasteiger partial charge in [-0.2, -0.15) is 23.3 Å². The molecular formula is C15H19F3N4O2. The second-order valence-corrected chi connectivity index (χ2v) is 6.13. The molecule has 0 saturated carbocycles. The summed E-state index contributed by atoms with van der Waals surface area (Å²) in [6, 6.07) is 0. The molecule has 0 amide bonds. The van der Waals surface area contributed by atoms with Gasteiger partial charge in [0, 0.05) is 23.8 Å². The highest BCUT2D eigenvalue weighted by atomic mass is 19.4. The van der Waals surface area contributed by atoms with Gasteiger partial charge in [0.1, 0.15) is 6.54 Å². The van der Waals surface area contributed by atoms with Gasteiger partial charge in [-0.3, -0.25) is 4.68 Å². The van der Waals surface area contributed by atoms with Crippen LogP contribution < -0.4 is 0 Å². The predicted molar refractivity (Wildman–Crippen MR) is 77.7 cm³/mol. The first-order valence-electron chi connectivity index (χ1n) is 7.78. The van der Waals surface area contributed by atoms with E-state index in [4.69, 9.17) is 9.26 Å². The Morgan fingerprint density at radius 2 is 2.08 bits per heavy atom. The molecule has 0 radical (unpaired) electrons. The Labute approximate surface area is 137 Å². The number of aromatic nitrogens is 4. The summed E-state index contributed by atoms with van der Waals surface area (Å²) in [5, 5.41) is 8.01. The van der Waals surface area contributed by atoms with Gasteiger partial charge < -0.3 is 9.26 Å². The smallest absolute Gasteiger partial charge is 0.381 e. The SMILES string of the molecule is Cc1nn(CC(F)(F)F)c(C)c1[C@@H](C)c1nc([C@@H]2CCOC2)no1. The van der Waals surface area contributed by atoms with E-state index >= 15 is 0 Å². The summed E-state index contributed by atoms with van der Waals surface area (Å²) in [4.78, 5) is 4.42. The maximum Gasteiger partial charge on any atom is 0.408 e. The Bertz CT molecular complexity index is 717. The van der Waals surface area contributed by atoms with Crippen LogP contribution in [0.4, 0.5) is 13.2 Å². The van der Waals surface area contributed by atoms with E-state index in [1.165, 1.54) is 0 Å². The van der Waals surface area contributed by atoms with Gasteiger partial charge in [0.05, 0.1) is 18.2 Å². The van der Waals surface area contributed by atoms with Crippen LogP contribution >= 0.6 is 0 Å². The van der Waals surface area contributed by atoms with Crippen LogP contribution in [0.15, 0.2) is 4.52 Å². The monoisotopic (exact) mass is 344 g/mol. The molecule has 0 unspecified atom stereocenters. The summed E-state index contributed by atoms with van der Waals surface area (Å²) < 4.78 is 49.6. The summed E-state index contributed by atoms with van der Waals surface area (Å²) in [5.41, 5.74) is 1.69. The third-order valence-electron chi connectivity index (χ3n) is 4.32. The van der Waals surface area contributed by atoms with Crippen LogP contribution in [-0.2, 0) is 11.3 Å². The van der Waals surface area contributed by atoms with E-state index in [-0.39, 0.29) is 11.8 Å². The molecule has 0 aliphatic carbocycles. The number of ether oxygens (including phenoxy) is 1. The number of hydrogen-bond acceptors (Lipinski definition) is 5. The van der Waals surface area contributed by atoms with Crippen LogP contribution in [0.3, 0.4) is 0 Å². The van der Waals surface area contributed by atoms with Gasteiger partial charge in [0.25, 0.3) is 0 Å². The van der Waals surface area contributed by atoms with Gasteiger partial charge in [-0.15, -0.1) is 0 Å². The minimum atomic E-state index is -4.32. The molecule has 2 aromatic rings. The Balaban J connectivity index is 1.86. The highest BCUT2D eigenvalue weighted by molar-refractivity contribution is 5.32. The van der Waals surface area contributed by atoms with Crippen molar-refractivity contribution in [2.45, 2.75) is 51.7 Å². The molecular weight excluding hydrogens is 325 g/mol. The van der Waals surface area contributed by atoms with E-state index in [0.717, 1.165) is 11.1 Å². The Morgan fingerprint density at radius 3 is 2.71 bits per heavy atom. The number of halogens is 3. The van der Waals surface area contributed by atoms with Crippen molar-refractivity contribution >= 4 is 0 Å². The summed E-state index contributed by atoms with van der Waals surface area (Å²) in [6.07, 6.45) is -3.47. The van der Waals surface area contributed by atoms with Crippen LogP contribution in [0.5, 0.6) is 0 Å². The lowest BCUT2D eigenvalue weighted by atomic mass is 9.99. The number of alkyl halides is 3. The van der Waals surface area contributed by atoms with E-state index in [2.05, 4.69) is 15.2 Å². The van der Waals surface area contributed by atoms with E-state index in [0.29, 0.717) is 41.9 Å². The Morgan fingerprint density at radius 1 is 1.33 bits per heavy atom. The van der Waals surface area contributed by atoms with Crippen LogP contribution in [0.1, 0.15) is 53.8 Å². The van der Waals surface area contributed by atoms with Crippen molar-refractivity contribution in [3.63, 3.8) is 0 Å². The molecule has 2 aromatic heterocycles. The number of rotatable bonds is 4. The highest BCUT2D eigenvalue weighted by Crippen LogP contribution is 2.31. The zero-order valence-electron chi connectivity index (χ0n) is 13.7. The molecule has 0 N–H and O–H groups in total. The summed E-state index contributed by atoms with van der Waals surface area (Å²) >= 11 is 0. The molecule has 3 rings (SSSR count). The molecule has 6 nitrogen and oxygen atoms in total. The number of aryl methyl sites for hydroxylation is 1. The van der Waals surface area contributed by atoms with Crippen LogP contribution in [0.25, 0.3) is 0 Å². The van der Waals surface area contributed by atoms with Crippen LogP contribution in [0, 0.1) is 13.8 Å². The van der Waals surface area contributed by atoms with Crippen LogP contribution in [-0.4, -0.2) is 39.3 Å². The van der Waals surface area contributed by atoms with Crippen molar-refractivity contribution in [3.8, 4) is 0 Å². The van der Waals surface area contributed by atoms with Gasteiger partial charge in [-0.05, 0) is 27.2 Å². The van der Waals surface area contributed by atoms with Gasteiger partial charge in [0.15, 0.2) is 5.82 Å². The first-order chi connectivity index (χ1) is 11.3. The second kappa shape index (κ2) is 6.19.